The smallest absolute Gasteiger partial charge is 0.338 e. The van der Waals surface area contributed by atoms with Crippen molar-refractivity contribution in [1.29, 1.82) is 0 Å². The summed E-state index contributed by atoms with van der Waals surface area (Å²) in [5.74, 6) is 0.288. The maximum Gasteiger partial charge on any atom is 0.338 e. The second-order valence-corrected chi connectivity index (χ2v) is 5.37. The van der Waals surface area contributed by atoms with Crippen molar-refractivity contribution in [3.05, 3.63) is 42.0 Å². The Bertz CT molecular complexity index is 982. The highest BCUT2D eigenvalue weighted by Gasteiger charge is 2.29. The van der Waals surface area contributed by atoms with Gasteiger partial charge in [0, 0.05) is 11.5 Å². The second kappa shape index (κ2) is 5.34. The van der Waals surface area contributed by atoms with E-state index in [0.717, 1.165) is 10.8 Å². The van der Waals surface area contributed by atoms with E-state index in [2.05, 4.69) is 0 Å². The summed E-state index contributed by atoms with van der Waals surface area (Å²) in [6.07, 6.45) is 0. The molecule has 24 heavy (non-hydrogen) atoms. The predicted octanol–water partition coefficient (Wildman–Crippen LogP) is 1.80. The van der Waals surface area contributed by atoms with E-state index in [-0.39, 0.29) is 18.0 Å². The molecule has 1 aliphatic heterocycles. The van der Waals surface area contributed by atoms with Crippen LogP contribution in [0.15, 0.2) is 36.4 Å². The molecular weight excluding hydrogens is 314 g/mol. The van der Waals surface area contributed by atoms with Gasteiger partial charge in [0.05, 0.1) is 18.1 Å². The number of hydrogen-bond donors (Lipinski definition) is 3. The number of rotatable bonds is 2. The lowest BCUT2D eigenvalue weighted by Crippen LogP contribution is -3.02. The van der Waals surface area contributed by atoms with Gasteiger partial charge in [-0.3, -0.25) is 0 Å². The molecule has 0 spiro atoms. The average molecular weight is 328 g/mol. The molecule has 7 heteroatoms. The van der Waals surface area contributed by atoms with Gasteiger partial charge in [0.15, 0.2) is 11.5 Å². The summed E-state index contributed by atoms with van der Waals surface area (Å²) in [6, 6.07) is 10.5. The molecule has 1 heterocycles. The lowest BCUT2D eigenvalue weighted by Gasteiger charge is -2.14. The van der Waals surface area contributed by atoms with Crippen LogP contribution in [0.1, 0.15) is 10.4 Å². The third-order valence-corrected chi connectivity index (χ3v) is 4.11. The molecule has 0 aromatic heterocycles. The van der Waals surface area contributed by atoms with Crippen LogP contribution in [0.5, 0.6) is 11.5 Å². The predicted molar refractivity (Wildman–Crippen MR) is 83.1 cm³/mol. The third kappa shape index (κ3) is 2.00. The molecule has 0 bridgehead atoms. The summed E-state index contributed by atoms with van der Waals surface area (Å²) in [5, 5.41) is 21.2. The maximum absolute atomic E-state index is 12.2. The Morgan fingerprint density at radius 3 is 2.71 bits per heavy atom. The SMILES string of the molecule is COC(=O)c1cc2c(c3c1c([NH+](O)O)cc1ccccc13)OCO2. The van der Waals surface area contributed by atoms with Crippen molar-refractivity contribution in [1.82, 2.24) is 0 Å². The fourth-order valence-corrected chi connectivity index (χ4v) is 3.10. The molecule has 122 valence electrons. The van der Waals surface area contributed by atoms with E-state index in [1.165, 1.54) is 13.2 Å². The summed E-state index contributed by atoms with van der Waals surface area (Å²) in [5.41, 5.74) is 0.306. The first-order valence-corrected chi connectivity index (χ1v) is 7.23. The van der Waals surface area contributed by atoms with Crippen LogP contribution < -0.4 is 14.7 Å². The minimum absolute atomic E-state index is 0.0302. The number of esters is 1. The van der Waals surface area contributed by atoms with Crippen molar-refractivity contribution in [2.45, 2.75) is 0 Å². The van der Waals surface area contributed by atoms with Crippen LogP contribution in [0.4, 0.5) is 5.69 Å². The number of carbonyl (C=O) groups is 1. The molecular formula is C17H14NO6+. The monoisotopic (exact) mass is 328 g/mol. The zero-order valence-corrected chi connectivity index (χ0v) is 12.7. The molecule has 7 nitrogen and oxygen atoms in total. The van der Waals surface area contributed by atoms with Crippen LogP contribution in [0.25, 0.3) is 21.5 Å². The van der Waals surface area contributed by atoms with Crippen LogP contribution in [0.2, 0.25) is 0 Å². The van der Waals surface area contributed by atoms with Crippen molar-refractivity contribution in [3.63, 3.8) is 0 Å². The van der Waals surface area contributed by atoms with Crippen molar-refractivity contribution in [2.75, 3.05) is 13.9 Å². The number of ether oxygens (including phenoxy) is 3. The van der Waals surface area contributed by atoms with E-state index in [0.29, 0.717) is 22.3 Å². The Labute approximate surface area is 136 Å². The van der Waals surface area contributed by atoms with Crippen molar-refractivity contribution < 1.29 is 34.6 Å². The Morgan fingerprint density at radius 1 is 1.17 bits per heavy atom. The summed E-state index contributed by atoms with van der Waals surface area (Å²) in [7, 11) is 1.27. The first-order chi connectivity index (χ1) is 11.6. The number of methoxy groups -OCH3 is 1. The van der Waals surface area contributed by atoms with Crippen molar-refractivity contribution in [3.8, 4) is 11.5 Å². The Morgan fingerprint density at radius 2 is 1.96 bits per heavy atom. The zero-order valence-electron chi connectivity index (χ0n) is 12.7. The molecule has 0 unspecified atom stereocenters. The van der Waals surface area contributed by atoms with Gasteiger partial charge >= 0.3 is 5.97 Å². The zero-order chi connectivity index (χ0) is 16.8. The van der Waals surface area contributed by atoms with E-state index < -0.39 is 11.2 Å². The number of carbonyl (C=O) groups excluding carboxylic acids is 1. The van der Waals surface area contributed by atoms with Gasteiger partial charge in [-0.15, -0.1) is 0 Å². The Balaban J connectivity index is 2.28. The van der Waals surface area contributed by atoms with Gasteiger partial charge in [-0.1, -0.05) is 24.3 Å². The van der Waals surface area contributed by atoms with Crippen LogP contribution in [0.3, 0.4) is 0 Å². The normalized spacial score (nSPS) is 13.0. The molecule has 0 radical (unpaired) electrons. The fourth-order valence-electron chi connectivity index (χ4n) is 3.10. The van der Waals surface area contributed by atoms with Crippen LogP contribution in [0, 0.1) is 0 Å². The summed E-state index contributed by atoms with van der Waals surface area (Å²) in [6.45, 7) is 0.0302. The van der Waals surface area contributed by atoms with E-state index >= 15 is 0 Å². The Hall–Kier alpha value is -2.87. The van der Waals surface area contributed by atoms with E-state index in [1.807, 2.05) is 24.3 Å². The highest BCUT2D eigenvalue weighted by Crippen LogP contribution is 2.46. The summed E-state index contributed by atoms with van der Waals surface area (Å²) in [4.78, 5) is 12.2. The molecule has 0 saturated carbocycles. The standard InChI is InChI=1S/C17H13NO6/c1-22-17(19)11-7-13-16(24-8-23-13)15-10-5-3-2-4-9(10)6-12(14(11)15)18(20)21/h2-7,20-21H,8H2,1H3/p+1. The van der Waals surface area contributed by atoms with Crippen LogP contribution in [-0.4, -0.2) is 30.3 Å². The number of fused-ring (bicyclic) bond motifs is 5. The molecule has 0 saturated heterocycles. The van der Waals surface area contributed by atoms with Crippen LogP contribution >= 0.6 is 0 Å². The largest absolute Gasteiger partial charge is 0.465 e. The molecule has 1 aliphatic rings. The van der Waals surface area contributed by atoms with E-state index in [4.69, 9.17) is 14.2 Å². The van der Waals surface area contributed by atoms with Gasteiger partial charge in [-0.05, 0) is 22.1 Å². The van der Waals surface area contributed by atoms with Gasteiger partial charge < -0.3 is 14.2 Å². The highest BCUT2D eigenvalue weighted by atomic mass is 16.8. The van der Waals surface area contributed by atoms with Crippen LogP contribution in [-0.2, 0) is 4.74 Å². The number of nitrogens with one attached hydrogen (secondary N) is 1. The van der Waals surface area contributed by atoms with Gasteiger partial charge in [0.25, 0.3) is 0 Å². The summed E-state index contributed by atoms with van der Waals surface area (Å²) < 4.78 is 15.8. The summed E-state index contributed by atoms with van der Waals surface area (Å²) >= 11 is 0. The minimum Gasteiger partial charge on any atom is -0.465 e. The first kappa shape index (κ1) is 14.7. The maximum atomic E-state index is 12.2. The first-order valence-electron chi connectivity index (χ1n) is 7.23. The molecule has 4 rings (SSSR count). The van der Waals surface area contributed by atoms with Gasteiger partial charge in [0.1, 0.15) is 0 Å². The van der Waals surface area contributed by atoms with Crippen molar-refractivity contribution >= 4 is 33.2 Å². The average Bonchev–Trinajstić information content (AvgIpc) is 3.07. The molecule has 3 N–H and O–H groups in total. The minimum atomic E-state index is -0.880. The van der Waals surface area contributed by atoms with Gasteiger partial charge in [-0.25, -0.2) is 4.79 Å². The van der Waals surface area contributed by atoms with Gasteiger partial charge in [0.2, 0.25) is 12.5 Å². The molecule has 3 aromatic rings. The van der Waals surface area contributed by atoms with E-state index in [9.17, 15) is 15.2 Å². The molecule has 0 atom stereocenters. The number of quaternary nitrogens is 1. The molecule has 3 aromatic carbocycles. The topological polar surface area (TPSA) is 89.7 Å². The Kier molecular flexibility index (Phi) is 3.27. The molecule has 0 aliphatic carbocycles. The molecule has 0 amide bonds. The van der Waals surface area contributed by atoms with Crippen molar-refractivity contribution in [2.24, 2.45) is 0 Å². The highest BCUT2D eigenvalue weighted by molar-refractivity contribution is 6.21. The third-order valence-electron chi connectivity index (χ3n) is 4.11. The van der Waals surface area contributed by atoms with Gasteiger partial charge in [-0.2, -0.15) is 10.4 Å². The number of benzene rings is 3. The fraction of sp³-hybridized carbons (Fsp3) is 0.118. The number of hydrogen-bond acceptors (Lipinski definition) is 6. The quantitative estimate of drug-likeness (QED) is 0.378. The molecule has 0 fully saturated rings. The lowest BCUT2D eigenvalue weighted by atomic mass is 9.95. The lowest BCUT2D eigenvalue weighted by molar-refractivity contribution is -1.19. The second-order valence-electron chi connectivity index (χ2n) is 5.37. The van der Waals surface area contributed by atoms with E-state index in [1.54, 1.807) is 6.07 Å².